The zero-order chi connectivity index (χ0) is 13.0. The Kier molecular flexibility index (Phi) is 3.94. The predicted octanol–water partition coefficient (Wildman–Crippen LogP) is 2.08. The third kappa shape index (κ3) is 2.51. The minimum absolute atomic E-state index is 0.434. The van der Waals surface area contributed by atoms with Gasteiger partial charge in [-0.1, -0.05) is 30.3 Å². The Morgan fingerprint density at radius 3 is 2.78 bits per heavy atom. The van der Waals surface area contributed by atoms with Crippen LogP contribution in [0.15, 0.2) is 28.8 Å². The molecule has 0 saturated heterocycles. The molecule has 18 heavy (non-hydrogen) atoms. The number of benzene rings is 1. The molecule has 1 atom stereocenters. The molecule has 1 heterocycles. The van der Waals surface area contributed by atoms with Crippen LogP contribution in [0.5, 0.6) is 5.75 Å². The fourth-order valence-electron chi connectivity index (χ4n) is 1.70. The van der Waals surface area contributed by atoms with E-state index in [1.165, 1.54) is 0 Å². The van der Waals surface area contributed by atoms with Gasteiger partial charge in [-0.3, -0.25) is 0 Å². The fraction of sp³-hybridized carbons (Fsp3) is 0.385. The van der Waals surface area contributed by atoms with Crippen molar-refractivity contribution in [1.29, 1.82) is 0 Å². The molecule has 2 aromatic rings. The lowest BCUT2D eigenvalue weighted by Crippen LogP contribution is -2.15. The second-order valence-corrected chi connectivity index (χ2v) is 3.85. The third-order valence-corrected chi connectivity index (χ3v) is 2.62. The lowest BCUT2D eigenvalue weighted by Gasteiger charge is -2.13. The average Bonchev–Trinajstić information content (AvgIpc) is 2.88. The van der Waals surface area contributed by atoms with Crippen molar-refractivity contribution in [1.82, 2.24) is 10.1 Å². The first-order chi connectivity index (χ1) is 8.76. The summed E-state index contributed by atoms with van der Waals surface area (Å²) in [5.74, 6) is 1.84. The minimum Gasteiger partial charge on any atom is -0.494 e. The van der Waals surface area contributed by atoms with E-state index in [0.29, 0.717) is 24.7 Å². The molecule has 96 valence electrons. The summed E-state index contributed by atoms with van der Waals surface area (Å²) in [5, 5.41) is 3.90. The van der Waals surface area contributed by atoms with E-state index < -0.39 is 6.04 Å². The van der Waals surface area contributed by atoms with Crippen molar-refractivity contribution in [3.8, 4) is 5.75 Å². The van der Waals surface area contributed by atoms with Crippen LogP contribution in [0, 0.1) is 0 Å². The molecule has 1 aromatic heterocycles. The molecule has 0 aliphatic rings. The molecule has 0 saturated carbocycles. The van der Waals surface area contributed by atoms with Gasteiger partial charge in [0, 0.05) is 12.0 Å². The van der Waals surface area contributed by atoms with Gasteiger partial charge in [0.05, 0.1) is 12.6 Å². The first-order valence-corrected chi connectivity index (χ1v) is 6.06. The lowest BCUT2D eigenvalue weighted by atomic mass is 10.1. The van der Waals surface area contributed by atoms with Gasteiger partial charge in [0.25, 0.3) is 0 Å². The van der Waals surface area contributed by atoms with E-state index in [-0.39, 0.29) is 0 Å². The van der Waals surface area contributed by atoms with Gasteiger partial charge in [0.2, 0.25) is 5.89 Å². The summed E-state index contributed by atoms with van der Waals surface area (Å²) in [6, 6.07) is 7.20. The van der Waals surface area contributed by atoms with Gasteiger partial charge in [0.1, 0.15) is 5.75 Å². The summed E-state index contributed by atoms with van der Waals surface area (Å²) in [6.07, 6.45) is 0.701. The molecule has 1 aromatic carbocycles. The van der Waals surface area contributed by atoms with Gasteiger partial charge in [-0.2, -0.15) is 4.98 Å². The molecule has 0 bridgehead atoms. The normalized spacial score (nSPS) is 12.4. The lowest BCUT2D eigenvalue weighted by molar-refractivity contribution is 0.334. The molecule has 0 amide bonds. The van der Waals surface area contributed by atoms with Gasteiger partial charge in [-0.05, 0) is 13.0 Å². The Balaban J connectivity index is 2.29. The second kappa shape index (κ2) is 5.64. The highest BCUT2D eigenvalue weighted by Gasteiger charge is 2.19. The van der Waals surface area contributed by atoms with Crippen molar-refractivity contribution in [3.63, 3.8) is 0 Å². The van der Waals surface area contributed by atoms with Crippen molar-refractivity contribution in [2.45, 2.75) is 26.3 Å². The average molecular weight is 247 g/mol. The molecule has 0 fully saturated rings. The molecular formula is C13H17N3O2. The highest BCUT2D eigenvalue weighted by molar-refractivity contribution is 5.38. The van der Waals surface area contributed by atoms with Crippen LogP contribution in [0.1, 0.15) is 37.2 Å². The van der Waals surface area contributed by atoms with Gasteiger partial charge < -0.3 is 15.0 Å². The smallest absolute Gasteiger partial charge is 0.226 e. The van der Waals surface area contributed by atoms with Crippen molar-refractivity contribution in [2.75, 3.05) is 6.61 Å². The van der Waals surface area contributed by atoms with Gasteiger partial charge in [-0.15, -0.1) is 0 Å². The molecule has 0 aliphatic carbocycles. The Hall–Kier alpha value is -1.88. The maximum atomic E-state index is 6.15. The number of aryl methyl sites for hydroxylation is 1. The SMILES string of the molecule is CCOc1ccccc1C(N)c1noc(CC)n1. The Morgan fingerprint density at radius 1 is 1.33 bits per heavy atom. The second-order valence-electron chi connectivity index (χ2n) is 3.85. The largest absolute Gasteiger partial charge is 0.494 e. The number of ether oxygens (including phenoxy) is 1. The van der Waals surface area contributed by atoms with E-state index in [1.807, 2.05) is 38.1 Å². The van der Waals surface area contributed by atoms with Gasteiger partial charge in [0.15, 0.2) is 5.82 Å². The van der Waals surface area contributed by atoms with Gasteiger partial charge >= 0.3 is 0 Å². The summed E-state index contributed by atoms with van der Waals surface area (Å²) < 4.78 is 10.6. The summed E-state index contributed by atoms with van der Waals surface area (Å²) in [4.78, 5) is 4.25. The highest BCUT2D eigenvalue weighted by atomic mass is 16.5. The molecule has 1 unspecified atom stereocenters. The standard InChI is InChI=1S/C13H17N3O2/c1-3-11-15-13(16-18-11)12(14)9-7-5-6-8-10(9)17-4-2/h5-8,12H,3-4,14H2,1-2H3. The van der Waals surface area contributed by atoms with Crippen molar-refractivity contribution in [2.24, 2.45) is 5.73 Å². The molecule has 0 spiro atoms. The fourth-order valence-corrected chi connectivity index (χ4v) is 1.70. The van der Waals surface area contributed by atoms with Crippen LogP contribution in [0.25, 0.3) is 0 Å². The van der Waals surface area contributed by atoms with Crippen molar-refractivity contribution >= 4 is 0 Å². The highest BCUT2D eigenvalue weighted by Crippen LogP contribution is 2.26. The third-order valence-electron chi connectivity index (χ3n) is 2.62. The van der Waals surface area contributed by atoms with E-state index in [9.17, 15) is 0 Å². The zero-order valence-electron chi connectivity index (χ0n) is 10.6. The van der Waals surface area contributed by atoms with Crippen molar-refractivity contribution < 1.29 is 9.26 Å². The van der Waals surface area contributed by atoms with Gasteiger partial charge in [-0.25, -0.2) is 0 Å². The Morgan fingerprint density at radius 2 is 2.11 bits per heavy atom. The molecule has 0 aliphatic heterocycles. The van der Waals surface area contributed by atoms with Crippen LogP contribution in [-0.2, 0) is 6.42 Å². The maximum Gasteiger partial charge on any atom is 0.226 e. The van der Waals surface area contributed by atoms with Crippen LogP contribution >= 0.6 is 0 Å². The van der Waals surface area contributed by atoms with Crippen LogP contribution in [0.2, 0.25) is 0 Å². The molecule has 0 radical (unpaired) electrons. The summed E-state index contributed by atoms with van der Waals surface area (Å²) in [5.41, 5.74) is 7.01. The maximum absolute atomic E-state index is 6.15. The molecule has 5 nitrogen and oxygen atoms in total. The van der Waals surface area contributed by atoms with Crippen LogP contribution < -0.4 is 10.5 Å². The van der Waals surface area contributed by atoms with E-state index >= 15 is 0 Å². The van der Waals surface area contributed by atoms with Crippen LogP contribution in [-0.4, -0.2) is 16.7 Å². The van der Waals surface area contributed by atoms with E-state index in [0.717, 1.165) is 11.3 Å². The molecule has 2 N–H and O–H groups in total. The van der Waals surface area contributed by atoms with E-state index in [2.05, 4.69) is 10.1 Å². The minimum atomic E-state index is -0.434. The first-order valence-electron chi connectivity index (χ1n) is 6.06. The Labute approximate surface area is 106 Å². The van der Waals surface area contributed by atoms with Crippen LogP contribution in [0.4, 0.5) is 0 Å². The number of nitrogens with zero attached hydrogens (tertiary/aromatic N) is 2. The van der Waals surface area contributed by atoms with Crippen molar-refractivity contribution in [3.05, 3.63) is 41.5 Å². The number of hydrogen-bond acceptors (Lipinski definition) is 5. The van der Waals surface area contributed by atoms with Crippen LogP contribution in [0.3, 0.4) is 0 Å². The topological polar surface area (TPSA) is 74.2 Å². The molecular weight excluding hydrogens is 230 g/mol. The quantitative estimate of drug-likeness (QED) is 0.875. The number of aromatic nitrogens is 2. The summed E-state index contributed by atoms with van der Waals surface area (Å²) in [7, 11) is 0. The number of para-hydroxylation sites is 1. The monoisotopic (exact) mass is 247 g/mol. The summed E-state index contributed by atoms with van der Waals surface area (Å²) >= 11 is 0. The number of nitrogens with two attached hydrogens (primary N) is 1. The van der Waals surface area contributed by atoms with E-state index in [4.69, 9.17) is 15.0 Å². The predicted molar refractivity (Wildman–Crippen MR) is 67.3 cm³/mol. The molecule has 5 heteroatoms. The zero-order valence-corrected chi connectivity index (χ0v) is 10.6. The summed E-state index contributed by atoms with van der Waals surface area (Å²) in [6.45, 7) is 4.49. The Bertz CT molecular complexity index is 510. The van der Waals surface area contributed by atoms with E-state index in [1.54, 1.807) is 0 Å². The number of rotatable bonds is 5. The first kappa shape index (κ1) is 12.6. The molecule has 2 rings (SSSR count). The number of hydrogen-bond donors (Lipinski definition) is 1.